The summed E-state index contributed by atoms with van der Waals surface area (Å²) in [5.74, 6) is -0.988. The third-order valence-electron chi connectivity index (χ3n) is 2.66. The standard InChI is InChI=1S/C14H14N2O2/c15-12(14(17)18)9-10-4-3-5-11(8-10)13-6-1-2-7-16-13/h1-8,12H,9,15H2,(H,17,18). The first-order valence-electron chi connectivity index (χ1n) is 5.65. The van der Waals surface area contributed by atoms with Crippen LogP contribution in [0, 0.1) is 0 Å². The summed E-state index contributed by atoms with van der Waals surface area (Å²) in [7, 11) is 0. The molecule has 2 aromatic rings. The average molecular weight is 242 g/mol. The molecule has 1 heterocycles. The molecule has 0 saturated carbocycles. The summed E-state index contributed by atoms with van der Waals surface area (Å²) < 4.78 is 0. The van der Waals surface area contributed by atoms with Gasteiger partial charge in [-0.05, 0) is 30.2 Å². The maximum Gasteiger partial charge on any atom is 0.320 e. The van der Waals surface area contributed by atoms with E-state index in [9.17, 15) is 4.79 Å². The minimum absolute atomic E-state index is 0.315. The maximum absolute atomic E-state index is 10.7. The fraction of sp³-hybridized carbons (Fsp3) is 0.143. The third kappa shape index (κ3) is 2.93. The quantitative estimate of drug-likeness (QED) is 0.855. The first kappa shape index (κ1) is 12.3. The Hall–Kier alpha value is -2.20. The molecule has 0 radical (unpaired) electrons. The van der Waals surface area contributed by atoms with Gasteiger partial charge in [0.25, 0.3) is 0 Å². The number of carboxylic acid groups (broad SMARTS) is 1. The molecule has 0 fully saturated rings. The Morgan fingerprint density at radius 2 is 2.11 bits per heavy atom. The number of hydrogen-bond acceptors (Lipinski definition) is 3. The van der Waals surface area contributed by atoms with Crippen molar-refractivity contribution >= 4 is 5.97 Å². The van der Waals surface area contributed by atoms with Crippen LogP contribution in [0.4, 0.5) is 0 Å². The van der Waals surface area contributed by atoms with Gasteiger partial charge in [0.2, 0.25) is 0 Å². The number of nitrogens with two attached hydrogens (primary N) is 1. The van der Waals surface area contributed by atoms with Gasteiger partial charge in [-0.25, -0.2) is 0 Å². The fourth-order valence-corrected chi connectivity index (χ4v) is 1.73. The summed E-state index contributed by atoms with van der Waals surface area (Å²) >= 11 is 0. The number of carboxylic acids is 1. The van der Waals surface area contributed by atoms with Crippen molar-refractivity contribution in [2.75, 3.05) is 0 Å². The van der Waals surface area contributed by atoms with Crippen molar-refractivity contribution in [3.8, 4) is 11.3 Å². The van der Waals surface area contributed by atoms with Crippen molar-refractivity contribution in [2.45, 2.75) is 12.5 Å². The van der Waals surface area contributed by atoms with E-state index >= 15 is 0 Å². The summed E-state index contributed by atoms with van der Waals surface area (Å²) in [6.45, 7) is 0. The number of rotatable bonds is 4. The second-order valence-corrected chi connectivity index (χ2v) is 4.06. The molecule has 1 aromatic heterocycles. The normalized spacial score (nSPS) is 12.1. The van der Waals surface area contributed by atoms with Crippen LogP contribution in [0.5, 0.6) is 0 Å². The highest BCUT2D eigenvalue weighted by Gasteiger charge is 2.12. The second kappa shape index (κ2) is 5.42. The van der Waals surface area contributed by atoms with Crippen molar-refractivity contribution in [1.29, 1.82) is 0 Å². The highest BCUT2D eigenvalue weighted by molar-refractivity contribution is 5.73. The van der Waals surface area contributed by atoms with Gasteiger partial charge in [0, 0.05) is 11.8 Å². The van der Waals surface area contributed by atoms with E-state index in [1.54, 1.807) is 6.20 Å². The lowest BCUT2D eigenvalue weighted by molar-refractivity contribution is -0.138. The predicted molar refractivity (Wildman–Crippen MR) is 69.0 cm³/mol. The highest BCUT2D eigenvalue weighted by atomic mass is 16.4. The number of aliphatic carboxylic acids is 1. The van der Waals surface area contributed by atoms with Crippen LogP contribution < -0.4 is 5.73 Å². The third-order valence-corrected chi connectivity index (χ3v) is 2.66. The van der Waals surface area contributed by atoms with Gasteiger partial charge in [0.1, 0.15) is 6.04 Å². The molecule has 4 nitrogen and oxygen atoms in total. The zero-order valence-corrected chi connectivity index (χ0v) is 9.78. The van der Waals surface area contributed by atoms with E-state index in [-0.39, 0.29) is 0 Å². The molecule has 1 atom stereocenters. The van der Waals surface area contributed by atoms with E-state index in [2.05, 4.69) is 4.98 Å². The number of aromatic nitrogens is 1. The number of carbonyl (C=O) groups is 1. The molecule has 4 heteroatoms. The zero-order valence-electron chi connectivity index (χ0n) is 9.78. The number of pyridine rings is 1. The lowest BCUT2D eigenvalue weighted by Crippen LogP contribution is -2.32. The van der Waals surface area contributed by atoms with E-state index in [1.165, 1.54) is 0 Å². The first-order valence-corrected chi connectivity index (χ1v) is 5.65. The first-order chi connectivity index (χ1) is 8.66. The molecule has 0 aliphatic heterocycles. The average Bonchev–Trinajstić information content (AvgIpc) is 2.40. The summed E-state index contributed by atoms with van der Waals surface area (Å²) in [4.78, 5) is 15.0. The lowest BCUT2D eigenvalue weighted by atomic mass is 10.0. The van der Waals surface area contributed by atoms with E-state index in [1.807, 2.05) is 42.5 Å². The molecule has 0 saturated heterocycles. The van der Waals surface area contributed by atoms with E-state index < -0.39 is 12.0 Å². The minimum atomic E-state index is -0.988. The summed E-state index contributed by atoms with van der Waals surface area (Å²) in [5.41, 5.74) is 8.25. The van der Waals surface area contributed by atoms with Crippen LogP contribution in [0.25, 0.3) is 11.3 Å². The molecule has 0 aliphatic rings. The zero-order chi connectivity index (χ0) is 13.0. The van der Waals surface area contributed by atoms with Gasteiger partial charge in [0.15, 0.2) is 0 Å². The number of benzene rings is 1. The van der Waals surface area contributed by atoms with Crippen LogP contribution in [0.2, 0.25) is 0 Å². The van der Waals surface area contributed by atoms with Crippen LogP contribution in [0.15, 0.2) is 48.7 Å². The molecule has 1 aromatic carbocycles. The van der Waals surface area contributed by atoms with Crippen LogP contribution in [0.1, 0.15) is 5.56 Å². The SMILES string of the molecule is NC(Cc1cccc(-c2ccccn2)c1)C(=O)O. The van der Waals surface area contributed by atoms with E-state index in [4.69, 9.17) is 10.8 Å². The lowest BCUT2D eigenvalue weighted by Gasteiger charge is -2.08. The van der Waals surface area contributed by atoms with Crippen molar-refractivity contribution < 1.29 is 9.90 Å². The largest absolute Gasteiger partial charge is 0.480 e. The van der Waals surface area contributed by atoms with Crippen molar-refractivity contribution in [3.05, 3.63) is 54.2 Å². The second-order valence-electron chi connectivity index (χ2n) is 4.06. The highest BCUT2D eigenvalue weighted by Crippen LogP contribution is 2.18. The van der Waals surface area contributed by atoms with Gasteiger partial charge in [0.05, 0.1) is 5.69 Å². The van der Waals surface area contributed by atoms with Crippen molar-refractivity contribution in [3.63, 3.8) is 0 Å². The Bertz CT molecular complexity index is 541. The van der Waals surface area contributed by atoms with Crippen LogP contribution >= 0.6 is 0 Å². The fourth-order valence-electron chi connectivity index (χ4n) is 1.73. The molecule has 0 bridgehead atoms. The molecule has 92 valence electrons. The molecule has 1 unspecified atom stereocenters. The molecule has 0 aliphatic carbocycles. The van der Waals surface area contributed by atoms with Gasteiger partial charge in [-0.2, -0.15) is 0 Å². The molecular weight excluding hydrogens is 228 g/mol. The van der Waals surface area contributed by atoms with Gasteiger partial charge < -0.3 is 10.8 Å². The van der Waals surface area contributed by atoms with Gasteiger partial charge in [-0.3, -0.25) is 9.78 Å². The predicted octanol–water partition coefficient (Wildman–Crippen LogP) is 1.70. The Morgan fingerprint density at radius 3 is 2.78 bits per heavy atom. The molecule has 3 N–H and O–H groups in total. The molecular formula is C14H14N2O2. The monoisotopic (exact) mass is 242 g/mol. The molecule has 18 heavy (non-hydrogen) atoms. The van der Waals surface area contributed by atoms with Gasteiger partial charge in [-0.15, -0.1) is 0 Å². The Kier molecular flexibility index (Phi) is 3.69. The van der Waals surface area contributed by atoms with Crippen molar-refractivity contribution in [1.82, 2.24) is 4.98 Å². The van der Waals surface area contributed by atoms with Crippen molar-refractivity contribution in [2.24, 2.45) is 5.73 Å². The molecule has 0 spiro atoms. The van der Waals surface area contributed by atoms with Crippen LogP contribution in [0.3, 0.4) is 0 Å². The Balaban J connectivity index is 2.23. The van der Waals surface area contributed by atoms with E-state index in [0.29, 0.717) is 6.42 Å². The van der Waals surface area contributed by atoms with Gasteiger partial charge in [-0.1, -0.05) is 24.3 Å². The molecule has 2 rings (SSSR count). The summed E-state index contributed by atoms with van der Waals surface area (Å²) in [6.07, 6.45) is 2.04. The topological polar surface area (TPSA) is 76.2 Å². The smallest absolute Gasteiger partial charge is 0.320 e. The summed E-state index contributed by atoms with van der Waals surface area (Å²) in [5, 5.41) is 8.79. The van der Waals surface area contributed by atoms with Crippen LogP contribution in [-0.4, -0.2) is 22.1 Å². The Morgan fingerprint density at radius 1 is 1.28 bits per heavy atom. The number of hydrogen-bond donors (Lipinski definition) is 2. The van der Waals surface area contributed by atoms with Gasteiger partial charge >= 0.3 is 5.97 Å². The summed E-state index contributed by atoms with van der Waals surface area (Å²) in [6, 6.07) is 12.4. The van der Waals surface area contributed by atoms with E-state index in [0.717, 1.165) is 16.8 Å². The molecule has 0 amide bonds. The van der Waals surface area contributed by atoms with Crippen LogP contribution in [-0.2, 0) is 11.2 Å². The maximum atomic E-state index is 10.7. The minimum Gasteiger partial charge on any atom is -0.480 e. The Labute approximate surface area is 105 Å². The number of nitrogens with zero attached hydrogens (tertiary/aromatic N) is 1.